The van der Waals surface area contributed by atoms with Crippen molar-refractivity contribution in [3.05, 3.63) is 69.9 Å². The predicted octanol–water partition coefficient (Wildman–Crippen LogP) is 4.20. The Morgan fingerprint density at radius 2 is 1.92 bits per heavy atom. The van der Waals surface area contributed by atoms with Crippen LogP contribution in [0.15, 0.2) is 69.9 Å². The largest absolute Gasteiger partial charge is 0.304 e. The van der Waals surface area contributed by atoms with Gasteiger partial charge < -0.3 is 4.90 Å². The lowest BCUT2D eigenvalue weighted by Gasteiger charge is -2.40. The van der Waals surface area contributed by atoms with Crippen molar-refractivity contribution in [2.75, 3.05) is 33.2 Å². The highest BCUT2D eigenvalue weighted by Gasteiger charge is 2.28. The fourth-order valence-electron chi connectivity index (χ4n) is 4.06. The van der Waals surface area contributed by atoms with Gasteiger partial charge in [0.15, 0.2) is 0 Å². The quantitative estimate of drug-likeness (QED) is 0.706. The fourth-order valence-corrected chi connectivity index (χ4v) is 4.32. The fraction of sp³-hybridized carbons (Fsp3) is 0.429. The molecule has 1 saturated heterocycles. The summed E-state index contributed by atoms with van der Waals surface area (Å²) in [6.45, 7) is 4.62. The summed E-state index contributed by atoms with van der Waals surface area (Å²) in [5.41, 5.74) is 5.46. The van der Waals surface area contributed by atoms with E-state index in [0.717, 1.165) is 50.5 Å². The summed E-state index contributed by atoms with van der Waals surface area (Å²) >= 11 is 6.54. The van der Waals surface area contributed by atoms with Gasteiger partial charge in [0.25, 0.3) is 0 Å². The smallest absolute Gasteiger partial charge is 0.0386 e. The number of hydrogen-bond donors (Lipinski definition) is 0. The minimum atomic E-state index is 0.484. The van der Waals surface area contributed by atoms with Gasteiger partial charge in [-0.25, -0.2) is 0 Å². The average molecular weight is 341 g/mol. The Morgan fingerprint density at radius 1 is 1.08 bits per heavy atom. The molecule has 1 fully saturated rings. The Balaban J connectivity index is 1.71. The second kappa shape index (κ2) is 6.87. The molecule has 3 aliphatic carbocycles. The molecule has 0 spiro atoms. The molecular weight excluding hydrogens is 316 g/mol. The third-order valence-corrected chi connectivity index (χ3v) is 5.89. The number of fused-ring (bicyclic) bond motifs is 2. The van der Waals surface area contributed by atoms with Crippen molar-refractivity contribution in [1.82, 2.24) is 9.80 Å². The van der Waals surface area contributed by atoms with Gasteiger partial charge in [-0.2, -0.15) is 0 Å². The first kappa shape index (κ1) is 16.1. The van der Waals surface area contributed by atoms with E-state index in [1.807, 2.05) is 0 Å². The van der Waals surface area contributed by atoms with Crippen LogP contribution in [0.2, 0.25) is 0 Å². The van der Waals surface area contributed by atoms with Crippen molar-refractivity contribution >= 4 is 11.6 Å². The van der Waals surface area contributed by atoms with Crippen LogP contribution in [0.4, 0.5) is 0 Å². The van der Waals surface area contributed by atoms with E-state index in [1.54, 1.807) is 0 Å². The molecule has 0 saturated carbocycles. The lowest BCUT2D eigenvalue weighted by Crippen LogP contribution is -2.49. The maximum Gasteiger partial charge on any atom is 0.0386 e. The average Bonchev–Trinajstić information content (AvgIpc) is 2.58. The Hall–Kier alpha value is -1.35. The van der Waals surface area contributed by atoms with E-state index in [-0.39, 0.29) is 0 Å². The van der Waals surface area contributed by atoms with E-state index in [9.17, 15) is 0 Å². The van der Waals surface area contributed by atoms with Crippen LogP contribution in [0.1, 0.15) is 19.3 Å². The third-order valence-electron chi connectivity index (χ3n) is 5.54. The molecule has 0 amide bonds. The van der Waals surface area contributed by atoms with Crippen LogP contribution in [0, 0.1) is 0 Å². The Kier molecular flexibility index (Phi) is 4.62. The van der Waals surface area contributed by atoms with Crippen LogP contribution in [-0.4, -0.2) is 49.1 Å². The summed E-state index contributed by atoms with van der Waals surface area (Å²) in [5.74, 6) is 0. The van der Waals surface area contributed by atoms with Crippen LogP contribution < -0.4 is 0 Å². The Bertz CT molecular complexity index is 697. The standard InChI is InChI=1S/C21H25ClN2/c1-23-11-13-24(14-12-23)21-10-9-16-6-4-8-20(22)19(16)15-17-5-2-3-7-18(17)21/h2-4,6-7,9,15,21H,5,8,10-14H2,1H3/b16-9-,17-15-. The van der Waals surface area contributed by atoms with Crippen molar-refractivity contribution in [1.29, 1.82) is 0 Å². The molecule has 126 valence electrons. The van der Waals surface area contributed by atoms with Crippen molar-refractivity contribution in [2.24, 2.45) is 0 Å². The van der Waals surface area contributed by atoms with Crippen LogP contribution in [-0.2, 0) is 0 Å². The summed E-state index contributed by atoms with van der Waals surface area (Å²) < 4.78 is 0. The number of hydrogen-bond acceptors (Lipinski definition) is 2. The van der Waals surface area contributed by atoms with E-state index in [0.29, 0.717) is 6.04 Å². The molecule has 24 heavy (non-hydrogen) atoms. The normalized spacial score (nSPS) is 32.8. The van der Waals surface area contributed by atoms with Crippen LogP contribution in [0.25, 0.3) is 0 Å². The van der Waals surface area contributed by atoms with Gasteiger partial charge in [-0.05, 0) is 48.3 Å². The molecule has 0 bridgehead atoms. The molecule has 1 atom stereocenters. The third kappa shape index (κ3) is 3.11. The van der Waals surface area contributed by atoms with Gasteiger partial charge in [-0.3, -0.25) is 4.90 Å². The monoisotopic (exact) mass is 340 g/mol. The minimum Gasteiger partial charge on any atom is -0.304 e. The molecule has 1 aliphatic heterocycles. The highest BCUT2D eigenvalue weighted by atomic mass is 35.5. The van der Waals surface area contributed by atoms with Gasteiger partial charge >= 0.3 is 0 Å². The molecule has 4 aliphatic rings. The van der Waals surface area contributed by atoms with E-state index >= 15 is 0 Å². The second-order valence-corrected chi connectivity index (χ2v) is 7.56. The molecule has 2 nitrogen and oxygen atoms in total. The Morgan fingerprint density at radius 3 is 2.75 bits per heavy atom. The molecular formula is C21H25ClN2. The maximum absolute atomic E-state index is 6.54. The van der Waals surface area contributed by atoms with Crippen LogP contribution >= 0.6 is 11.6 Å². The zero-order chi connectivity index (χ0) is 16.5. The summed E-state index contributed by atoms with van der Waals surface area (Å²) in [6.07, 6.45) is 18.9. The molecule has 1 heterocycles. The molecule has 0 aromatic rings. The zero-order valence-electron chi connectivity index (χ0n) is 14.3. The van der Waals surface area contributed by atoms with Crippen molar-refractivity contribution in [2.45, 2.75) is 25.3 Å². The molecule has 3 heteroatoms. The van der Waals surface area contributed by atoms with Crippen molar-refractivity contribution < 1.29 is 0 Å². The number of piperazine rings is 1. The molecule has 1 unspecified atom stereocenters. The first-order valence-corrected chi connectivity index (χ1v) is 9.36. The lowest BCUT2D eigenvalue weighted by atomic mass is 9.83. The summed E-state index contributed by atoms with van der Waals surface area (Å²) in [6, 6.07) is 0.484. The number of nitrogens with zero attached hydrogens (tertiary/aromatic N) is 2. The van der Waals surface area contributed by atoms with E-state index in [2.05, 4.69) is 59.4 Å². The first-order valence-electron chi connectivity index (χ1n) is 8.98. The zero-order valence-corrected chi connectivity index (χ0v) is 15.1. The molecule has 4 rings (SSSR count). The highest BCUT2D eigenvalue weighted by Crippen LogP contribution is 2.37. The van der Waals surface area contributed by atoms with Gasteiger partial charge in [-0.1, -0.05) is 48.1 Å². The predicted molar refractivity (Wildman–Crippen MR) is 102 cm³/mol. The van der Waals surface area contributed by atoms with Crippen LogP contribution in [0.3, 0.4) is 0 Å². The van der Waals surface area contributed by atoms with Gasteiger partial charge in [0.2, 0.25) is 0 Å². The SMILES string of the molecule is CN1CCN(C2C/C=C3/C=CCC(Cl)=C3/C=C3/CC=CC=C32)CC1. The van der Waals surface area contributed by atoms with Gasteiger partial charge in [0.05, 0.1) is 0 Å². The van der Waals surface area contributed by atoms with E-state index in [1.165, 1.54) is 22.3 Å². The highest BCUT2D eigenvalue weighted by molar-refractivity contribution is 6.30. The lowest BCUT2D eigenvalue weighted by molar-refractivity contribution is 0.127. The number of likely N-dealkylation sites (N-methyl/N-ethyl adjacent to an activating group) is 1. The van der Waals surface area contributed by atoms with Gasteiger partial charge in [0, 0.05) is 43.7 Å². The van der Waals surface area contributed by atoms with Gasteiger partial charge in [-0.15, -0.1) is 0 Å². The number of halogens is 1. The molecule has 0 aromatic heterocycles. The topological polar surface area (TPSA) is 6.48 Å². The van der Waals surface area contributed by atoms with E-state index in [4.69, 9.17) is 11.6 Å². The van der Waals surface area contributed by atoms with Crippen LogP contribution in [0.5, 0.6) is 0 Å². The molecule has 0 aromatic carbocycles. The second-order valence-electron chi connectivity index (χ2n) is 7.10. The minimum absolute atomic E-state index is 0.484. The molecule has 0 radical (unpaired) electrons. The molecule has 0 N–H and O–H groups in total. The van der Waals surface area contributed by atoms with Gasteiger partial charge in [0.1, 0.15) is 0 Å². The number of allylic oxidation sites excluding steroid dienone is 9. The first-order chi connectivity index (χ1) is 11.7. The summed E-state index contributed by atoms with van der Waals surface area (Å²) in [4.78, 5) is 5.09. The maximum atomic E-state index is 6.54. The van der Waals surface area contributed by atoms with Crippen molar-refractivity contribution in [3.63, 3.8) is 0 Å². The summed E-state index contributed by atoms with van der Waals surface area (Å²) in [7, 11) is 2.22. The number of rotatable bonds is 1. The van der Waals surface area contributed by atoms with Crippen molar-refractivity contribution in [3.8, 4) is 0 Å². The van der Waals surface area contributed by atoms with E-state index < -0.39 is 0 Å². The summed E-state index contributed by atoms with van der Waals surface area (Å²) in [5, 5.41) is 0.975. The Labute approximate surface area is 150 Å².